The molecule has 0 aliphatic heterocycles. The molecule has 8 heteroatoms. The Kier molecular flexibility index (Phi) is 6.17. The van der Waals surface area contributed by atoms with Crippen LogP contribution in [-0.4, -0.2) is 32.4 Å². The second-order valence-electron chi connectivity index (χ2n) is 5.94. The average molecular weight is 418 g/mol. The van der Waals surface area contributed by atoms with E-state index < -0.39 is 6.09 Å². The van der Waals surface area contributed by atoms with Gasteiger partial charge < -0.3 is 10.5 Å². The van der Waals surface area contributed by atoms with Crippen molar-refractivity contribution in [3.63, 3.8) is 0 Å². The van der Waals surface area contributed by atoms with Gasteiger partial charge in [-0.1, -0.05) is 12.5 Å². The lowest BCUT2D eigenvalue weighted by Gasteiger charge is -2.03. The summed E-state index contributed by atoms with van der Waals surface area (Å²) in [4.78, 5) is 19.6. The van der Waals surface area contributed by atoms with E-state index in [2.05, 4.69) is 31.0 Å². The molecule has 2 N–H and O–H groups in total. The summed E-state index contributed by atoms with van der Waals surface area (Å²) in [7, 11) is 0. The van der Waals surface area contributed by atoms with Gasteiger partial charge in [-0.15, -0.1) is 0 Å². The number of para-hydroxylation sites is 1. The number of hydrogen-bond acceptors (Lipinski definition) is 5. The van der Waals surface area contributed by atoms with Crippen LogP contribution >= 0.6 is 15.9 Å². The maximum atomic E-state index is 10.5. The minimum absolute atomic E-state index is 0.386. The number of aromatic nitrogens is 4. The first-order valence-corrected chi connectivity index (χ1v) is 9.29. The monoisotopic (exact) mass is 417 g/mol. The van der Waals surface area contributed by atoms with Gasteiger partial charge in [0.05, 0.1) is 30.2 Å². The molecule has 0 bridgehead atoms. The Balaban J connectivity index is 1.53. The first-order chi connectivity index (χ1) is 12.6. The third-order valence-corrected chi connectivity index (χ3v) is 4.62. The van der Waals surface area contributed by atoms with Gasteiger partial charge in [0.1, 0.15) is 5.52 Å². The molecule has 0 fully saturated rings. The molecule has 0 saturated heterocycles. The highest BCUT2D eigenvalue weighted by Gasteiger charge is 2.07. The lowest BCUT2D eigenvalue weighted by atomic mass is 10.2. The van der Waals surface area contributed by atoms with Gasteiger partial charge in [-0.2, -0.15) is 5.10 Å². The molecular formula is C18H20BrN5O2. The van der Waals surface area contributed by atoms with E-state index in [0.29, 0.717) is 6.61 Å². The second-order valence-corrected chi connectivity index (χ2v) is 6.79. The Bertz CT molecular complexity index is 896. The largest absolute Gasteiger partial charge is 0.450 e. The van der Waals surface area contributed by atoms with Crippen molar-refractivity contribution in [2.24, 2.45) is 5.73 Å². The van der Waals surface area contributed by atoms with Crippen molar-refractivity contribution in [3.05, 3.63) is 41.3 Å². The van der Waals surface area contributed by atoms with Gasteiger partial charge in [0.15, 0.2) is 0 Å². The van der Waals surface area contributed by atoms with Gasteiger partial charge in [-0.25, -0.2) is 9.78 Å². The molecule has 0 radical (unpaired) electrons. The smallest absolute Gasteiger partial charge is 0.404 e. The lowest BCUT2D eigenvalue weighted by molar-refractivity contribution is 0.154. The van der Waals surface area contributed by atoms with Crippen molar-refractivity contribution in [2.45, 2.75) is 32.2 Å². The topological polar surface area (TPSA) is 95.9 Å². The van der Waals surface area contributed by atoms with E-state index in [-0.39, 0.29) is 0 Å². The number of ether oxygens (including phenoxy) is 1. The number of fused-ring (bicyclic) bond motifs is 1. The molecule has 0 unspecified atom stereocenters. The Hall–Kier alpha value is -2.48. The fourth-order valence-corrected chi connectivity index (χ4v) is 3.10. The summed E-state index contributed by atoms with van der Waals surface area (Å²) in [5, 5.41) is 4.40. The maximum absolute atomic E-state index is 10.5. The van der Waals surface area contributed by atoms with Crippen LogP contribution < -0.4 is 5.73 Å². The Morgan fingerprint density at radius 2 is 2.04 bits per heavy atom. The Morgan fingerprint density at radius 1 is 1.19 bits per heavy atom. The molecule has 26 heavy (non-hydrogen) atoms. The van der Waals surface area contributed by atoms with Gasteiger partial charge >= 0.3 is 6.09 Å². The number of benzene rings is 1. The predicted molar refractivity (Wildman–Crippen MR) is 102 cm³/mol. The molecule has 0 aliphatic rings. The van der Waals surface area contributed by atoms with Gasteiger partial charge in [-0.05, 0) is 47.3 Å². The number of halogens is 1. The molecule has 3 aromatic rings. The highest BCUT2D eigenvalue weighted by molar-refractivity contribution is 9.10. The summed E-state index contributed by atoms with van der Waals surface area (Å²) in [5.41, 5.74) is 8.37. The number of rotatable bonds is 8. The summed E-state index contributed by atoms with van der Waals surface area (Å²) < 4.78 is 7.55. The van der Waals surface area contributed by atoms with Crippen molar-refractivity contribution in [2.75, 3.05) is 6.61 Å². The molecule has 0 spiro atoms. The van der Waals surface area contributed by atoms with Crippen LogP contribution in [-0.2, 0) is 11.3 Å². The molecule has 1 amide bonds. The van der Waals surface area contributed by atoms with E-state index in [1.54, 1.807) is 6.20 Å². The fourth-order valence-electron chi connectivity index (χ4n) is 2.66. The van der Waals surface area contributed by atoms with Crippen molar-refractivity contribution in [3.8, 4) is 11.3 Å². The number of nitrogens with zero attached hydrogens (tertiary/aromatic N) is 4. The van der Waals surface area contributed by atoms with Crippen LogP contribution in [0.2, 0.25) is 0 Å². The number of primary amides is 1. The molecule has 0 aliphatic carbocycles. The highest BCUT2D eigenvalue weighted by atomic mass is 79.9. The number of hydrogen-bond donors (Lipinski definition) is 1. The van der Waals surface area contributed by atoms with Gasteiger partial charge in [0.2, 0.25) is 0 Å². The summed E-state index contributed by atoms with van der Waals surface area (Å²) in [6.45, 7) is 1.22. The molecule has 3 rings (SSSR count). The number of unbranched alkanes of at least 4 members (excludes halogenated alkanes) is 3. The number of aryl methyl sites for hydroxylation is 1. The van der Waals surface area contributed by atoms with Crippen LogP contribution in [0.3, 0.4) is 0 Å². The van der Waals surface area contributed by atoms with Crippen LogP contribution in [0.25, 0.3) is 22.3 Å². The van der Waals surface area contributed by atoms with E-state index in [9.17, 15) is 4.79 Å². The van der Waals surface area contributed by atoms with Crippen molar-refractivity contribution >= 4 is 33.1 Å². The van der Waals surface area contributed by atoms with Gasteiger partial charge in [0, 0.05) is 22.8 Å². The Labute approximate surface area is 159 Å². The number of carbonyl (C=O) groups excluding carboxylic acids is 1. The summed E-state index contributed by atoms with van der Waals surface area (Å²) in [6, 6.07) is 5.84. The first kappa shape index (κ1) is 18.3. The summed E-state index contributed by atoms with van der Waals surface area (Å²) >= 11 is 3.52. The highest BCUT2D eigenvalue weighted by Crippen LogP contribution is 2.24. The van der Waals surface area contributed by atoms with E-state index in [1.165, 1.54) is 0 Å². The number of nitrogens with two attached hydrogens (primary N) is 1. The van der Waals surface area contributed by atoms with Crippen LogP contribution in [0.1, 0.15) is 25.7 Å². The molecular weight excluding hydrogens is 398 g/mol. The van der Waals surface area contributed by atoms with E-state index in [1.807, 2.05) is 35.3 Å². The zero-order valence-corrected chi connectivity index (χ0v) is 15.9. The standard InChI is InChI=1S/C18H20BrN5O2/c19-14-6-5-7-15-17(14)23-16(11-21-15)13-10-22-24(12-13)8-3-1-2-4-9-26-18(20)25/h5-7,10-12H,1-4,8-9H2,(H2,20,25). The number of carbonyl (C=O) groups is 1. The molecule has 7 nitrogen and oxygen atoms in total. The van der Waals surface area contributed by atoms with Crippen LogP contribution in [0.4, 0.5) is 4.79 Å². The molecule has 2 heterocycles. The zero-order chi connectivity index (χ0) is 18.4. The lowest BCUT2D eigenvalue weighted by Crippen LogP contribution is -2.13. The molecule has 0 saturated carbocycles. The number of amides is 1. The zero-order valence-electron chi connectivity index (χ0n) is 14.3. The fraction of sp³-hybridized carbons (Fsp3) is 0.333. The molecule has 0 atom stereocenters. The van der Waals surface area contributed by atoms with Gasteiger partial charge in [0.25, 0.3) is 0 Å². The second kappa shape index (κ2) is 8.75. The SMILES string of the molecule is NC(=O)OCCCCCCn1cc(-c2cnc3cccc(Br)c3n2)cn1. The van der Waals surface area contributed by atoms with Crippen molar-refractivity contribution in [1.29, 1.82) is 0 Å². The normalized spacial score (nSPS) is 11.0. The van der Waals surface area contributed by atoms with E-state index in [0.717, 1.165) is 59.0 Å². The quantitative estimate of drug-likeness (QED) is 0.560. The summed E-state index contributed by atoms with van der Waals surface area (Å²) in [6.07, 6.45) is 8.73. The van der Waals surface area contributed by atoms with E-state index in [4.69, 9.17) is 10.5 Å². The molecule has 2 aromatic heterocycles. The molecule has 1 aromatic carbocycles. The molecule has 136 valence electrons. The Morgan fingerprint density at radius 3 is 2.88 bits per heavy atom. The average Bonchev–Trinajstić information content (AvgIpc) is 3.10. The minimum atomic E-state index is -0.710. The maximum Gasteiger partial charge on any atom is 0.404 e. The van der Waals surface area contributed by atoms with Crippen LogP contribution in [0.15, 0.2) is 41.3 Å². The van der Waals surface area contributed by atoms with Crippen molar-refractivity contribution < 1.29 is 9.53 Å². The third kappa shape index (κ3) is 4.78. The van der Waals surface area contributed by atoms with Gasteiger partial charge in [-0.3, -0.25) is 9.67 Å². The third-order valence-electron chi connectivity index (χ3n) is 3.98. The first-order valence-electron chi connectivity index (χ1n) is 8.50. The van der Waals surface area contributed by atoms with Crippen LogP contribution in [0.5, 0.6) is 0 Å². The summed E-state index contributed by atoms with van der Waals surface area (Å²) in [5.74, 6) is 0. The van der Waals surface area contributed by atoms with Crippen molar-refractivity contribution in [1.82, 2.24) is 19.7 Å². The minimum Gasteiger partial charge on any atom is -0.450 e. The predicted octanol–water partition coefficient (Wildman–Crippen LogP) is 3.91. The van der Waals surface area contributed by atoms with E-state index >= 15 is 0 Å². The van der Waals surface area contributed by atoms with Crippen LogP contribution in [0, 0.1) is 0 Å².